The van der Waals surface area contributed by atoms with Crippen LogP contribution in [-0.4, -0.2) is 24.8 Å². The van der Waals surface area contributed by atoms with Crippen LogP contribution in [0.15, 0.2) is 12.1 Å². The summed E-state index contributed by atoms with van der Waals surface area (Å²) in [5.41, 5.74) is 0.526. The van der Waals surface area contributed by atoms with Gasteiger partial charge >= 0.3 is 0 Å². The zero-order valence-corrected chi connectivity index (χ0v) is 9.50. The van der Waals surface area contributed by atoms with Crippen LogP contribution in [-0.2, 0) is 5.41 Å². The Bertz CT molecular complexity index is 342. The lowest BCUT2D eigenvalue weighted by atomic mass is 9.86. The van der Waals surface area contributed by atoms with Crippen molar-refractivity contribution in [3.05, 3.63) is 17.7 Å². The summed E-state index contributed by atoms with van der Waals surface area (Å²) in [4.78, 5) is 9.00. The fourth-order valence-corrected chi connectivity index (χ4v) is 1.73. The molecule has 0 heterocycles. The molecule has 2 radical (unpaired) electrons. The van der Waals surface area contributed by atoms with E-state index in [-0.39, 0.29) is 22.1 Å². The molecule has 0 amide bonds. The Morgan fingerprint density at radius 3 is 2.14 bits per heavy atom. The number of rotatable bonds is 1. The van der Waals surface area contributed by atoms with Gasteiger partial charge in [0.1, 0.15) is 11.5 Å². The second-order valence-corrected chi connectivity index (χ2v) is 4.94. The van der Waals surface area contributed by atoms with Crippen molar-refractivity contribution in [2.24, 2.45) is 0 Å². The minimum Gasteiger partial charge on any atom is -0.508 e. The maximum atomic E-state index is 9.79. The van der Waals surface area contributed by atoms with E-state index in [2.05, 4.69) is 0 Å². The smallest absolute Gasteiger partial charge is 0.273 e. The van der Waals surface area contributed by atoms with Gasteiger partial charge in [0, 0.05) is 0 Å². The third-order valence-corrected chi connectivity index (χ3v) is 2.79. The topological polar surface area (TPSA) is 60.7 Å². The van der Waals surface area contributed by atoms with Crippen LogP contribution >= 0.6 is 0 Å². The van der Waals surface area contributed by atoms with Gasteiger partial charge in [0.2, 0.25) is 0 Å². The number of hydrogen-bond donors (Lipinski definition) is 3. The minimum atomic E-state index is -0.597. The molecule has 0 aromatic heterocycles. The van der Waals surface area contributed by atoms with Crippen LogP contribution in [0.1, 0.15) is 26.3 Å². The van der Waals surface area contributed by atoms with E-state index in [1.807, 2.05) is 20.8 Å². The van der Waals surface area contributed by atoms with E-state index in [0.717, 1.165) is 5.56 Å². The molecule has 1 rings (SSSR count). The molecule has 3 nitrogen and oxygen atoms in total. The molecule has 0 aliphatic heterocycles. The van der Waals surface area contributed by atoms with Crippen LogP contribution in [0, 0.1) is 0 Å². The van der Waals surface area contributed by atoms with Gasteiger partial charge < -0.3 is 15.0 Å². The van der Waals surface area contributed by atoms with Crippen molar-refractivity contribution in [3.8, 4) is 11.5 Å². The molecular formula is C10H14O3Si. The van der Waals surface area contributed by atoms with Gasteiger partial charge in [-0.1, -0.05) is 26.8 Å². The summed E-state index contributed by atoms with van der Waals surface area (Å²) >= 11 is 0. The molecule has 0 aliphatic carbocycles. The summed E-state index contributed by atoms with van der Waals surface area (Å²) in [5, 5.41) is 19.4. The van der Waals surface area contributed by atoms with Crippen LogP contribution in [0.2, 0.25) is 0 Å². The van der Waals surface area contributed by atoms with E-state index in [1.165, 1.54) is 6.07 Å². The van der Waals surface area contributed by atoms with Gasteiger partial charge in [-0.15, -0.1) is 0 Å². The minimum absolute atomic E-state index is 0.00154. The van der Waals surface area contributed by atoms with Crippen LogP contribution in [0.4, 0.5) is 0 Å². The SMILES string of the molecule is CC(C)(C)c1ccc(O)c([Si]O)c1O. The first kappa shape index (κ1) is 11.1. The van der Waals surface area contributed by atoms with Crippen molar-refractivity contribution in [2.45, 2.75) is 26.2 Å². The summed E-state index contributed by atoms with van der Waals surface area (Å²) in [6.45, 7) is 5.89. The molecule has 0 bridgehead atoms. The molecule has 0 spiro atoms. The molecule has 1 aromatic rings. The predicted molar refractivity (Wildman–Crippen MR) is 56.1 cm³/mol. The second kappa shape index (κ2) is 3.63. The van der Waals surface area contributed by atoms with Crippen molar-refractivity contribution >= 4 is 14.9 Å². The van der Waals surface area contributed by atoms with Gasteiger partial charge in [-0.05, 0) is 17.0 Å². The largest absolute Gasteiger partial charge is 0.508 e. The van der Waals surface area contributed by atoms with E-state index in [0.29, 0.717) is 0 Å². The van der Waals surface area contributed by atoms with Crippen molar-refractivity contribution in [2.75, 3.05) is 0 Å². The molecule has 4 heteroatoms. The van der Waals surface area contributed by atoms with Crippen LogP contribution in [0.3, 0.4) is 0 Å². The highest BCUT2D eigenvalue weighted by atomic mass is 28.2. The quantitative estimate of drug-likeness (QED) is 0.596. The van der Waals surface area contributed by atoms with Crippen LogP contribution in [0.5, 0.6) is 11.5 Å². The Morgan fingerprint density at radius 2 is 1.71 bits per heavy atom. The summed E-state index contributed by atoms with van der Waals surface area (Å²) in [5.74, 6) is -0.0605. The van der Waals surface area contributed by atoms with Gasteiger partial charge in [0.25, 0.3) is 9.76 Å². The summed E-state index contributed by atoms with van der Waals surface area (Å²) in [7, 11) is -0.597. The fourth-order valence-electron chi connectivity index (χ4n) is 1.30. The van der Waals surface area contributed by atoms with Gasteiger partial charge in [-0.2, -0.15) is 0 Å². The highest BCUT2D eigenvalue weighted by Gasteiger charge is 2.21. The molecule has 1 aromatic carbocycles. The lowest BCUT2D eigenvalue weighted by molar-refractivity contribution is 0.436. The monoisotopic (exact) mass is 210 g/mol. The number of aromatic hydroxyl groups is 2. The Morgan fingerprint density at radius 1 is 1.14 bits per heavy atom. The van der Waals surface area contributed by atoms with Crippen molar-refractivity contribution < 1.29 is 15.0 Å². The van der Waals surface area contributed by atoms with Gasteiger partial charge in [-0.25, -0.2) is 0 Å². The first-order valence-corrected chi connectivity index (χ1v) is 5.28. The Labute approximate surface area is 86.0 Å². The van der Waals surface area contributed by atoms with Crippen LogP contribution < -0.4 is 5.19 Å². The fraction of sp³-hybridized carbons (Fsp3) is 0.400. The highest BCUT2D eigenvalue weighted by Crippen LogP contribution is 2.30. The van der Waals surface area contributed by atoms with Gasteiger partial charge in [-0.3, -0.25) is 0 Å². The Balaban J connectivity index is 3.36. The van der Waals surface area contributed by atoms with Gasteiger partial charge in [0.05, 0.1) is 5.19 Å². The Hall–Kier alpha value is -1.00. The zero-order chi connectivity index (χ0) is 10.9. The third kappa shape index (κ3) is 1.91. The molecule has 0 fully saturated rings. The molecule has 0 aliphatic rings. The summed E-state index contributed by atoms with van der Waals surface area (Å²) in [6.07, 6.45) is 0. The van der Waals surface area contributed by atoms with E-state index >= 15 is 0 Å². The highest BCUT2D eigenvalue weighted by molar-refractivity contribution is 6.48. The lowest BCUT2D eigenvalue weighted by Crippen LogP contribution is -2.20. The number of hydrogen-bond acceptors (Lipinski definition) is 3. The van der Waals surface area contributed by atoms with E-state index < -0.39 is 9.76 Å². The number of phenolic OH excluding ortho intramolecular Hbond substituents is 2. The molecule has 76 valence electrons. The maximum absolute atomic E-state index is 9.79. The lowest BCUT2D eigenvalue weighted by Gasteiger charge is -2.21. The van der Waals surface area contributed by atoms with Crippen molar-refractivity contribution in [1.29, 1.82) is 0 Å². The second-order valence-electron chi connectivity index (χ2n) is 4.22. The average Bonchev–Trinajstić information content (AvgIpc) is 2.02. The van der Waals surface area contributed by atoms with Crippen LogP contribution in [0.25, 0.3) is 0 Å². The standard InChI is InChI=1S/C10H14O3Si/c1-10(2,3)6-4-5-7(11)9(14-13)8(6)12/h4-5,11-13H,1-3H3. The molecule has 0 atom stereocenters. The normalized spacial score (nSPS) is 11.7. The summed E-state index contributed by atoms with van der Waals surface area (Å²) in [6, 6.07) is 3.17. The van der Waals surface area contributed by atoms with E-state index in [4.69, 9.17) is 4.80 Å². The summed E-state index contributed by atoms with van der Waals surface area (Å²) < 4.78 is 0. The van der Waals surface area contributed by atoms with Crippen molar-refractivity contribution in [3.63, 3.8) is 0 Å². The first-order chi connectivity index (χ1) is 6.38. The molecular weight excluding hydrogens is 196 g/mol. The predicted octanol–water partition coefficient (Wildman–Crippen LogP) is 0.632. The Kier molecular flexibility index (Phi) is 2.87. The van der Waals surface area contributed by atoms with Gasteiger partial charge in [0.15, 0.2) is 0 Å². The number of phenols is 2. The first-order valence-electron chi connectivity index (χ1n) is 4.33. The molecule has 0 saturated carbocycles. The molecule has 14 heavy (non-hydrogen) atoms. The molecule has 3 N–H and O–H groups in total. The third-order valence-electron chi connectivity index (χ3n) is 2.08. The maximum Gasteiger partial charge on any atom is 0.273 e. The number of benzene rings is 1. The zero-order valence-electron chi connectivity index (χ0n) is 8.50. The molecule has 0 saturated heterocycles. The van der Waals surface area contributed by atoms with E-state index in [1.54, 1.807) is 6.07 Å². The molecule has 0 unspecified atom stereocenters. The average molecular weight is 210 g/mol. The van der Waals surface area contributed by atoms with E-state index in [9.17, 15) is 10.2 Å². The van der Waals surface area contributed by atoms with Crippen molar-refractivity contribution in [1.82, 2.24) is 0 Å².